The normalized spacial score (nSPS) is 12.7. The SMILES string of the molecule is O=C(Cn1cnc2c(cnn2-c2ccccc2)c1=O)c1ccc2c(c1)CCO2. The van der Waals surface area contributed by atoms with Gasteiger partial charge >= 0.3 is 0 Å². The number of ketones is 1. The number of ether oxygens (including phenoxy) is 1. The van der Waals surface area contributed by atoms with Crippen molar-refractivity contribution in [1.82, 2.24) is 19.3 Å². The number of carbonyl (C=O) groups is 1. The molecule has 7 nitrogen and oxygen atoms in total. The molecule has 4 aromatic rings. The Balaban J connectivity index is 1.48. The summed E-state index contributed by atoms with van der Waals surface area (Å²) in [5, 5.41) is 4.66. The highest BCUT2D eigenvalue weighted by atomic mass is 16.5. The molecule has 2 aromatic carbocycles. The highest BCUT2D eigenvalue weighted by Gasteiger charge is 2.17. The maximum atomic E-state index is 12.8. The fraction of sp³-hybridized carbons (Fsp3) is 0.143. The van der Waals surface area contributed by atoms with Crippen molar-refractivity contribution in [2.45, 2.75) is 13.0 Å². The predicted molar refractivity (Wildman–Crippen MR) is 103 cm³/mol. The van der Waals surface area contributed by atoms with E-state index in [1.807, 2.05) is 42.5 Å². The van der Waals surface area contributed by atoms with Crippen LogP contribution in [0.15, 0.2) is 65.8 Å². The summed E-state index contributed by atoms with van der Waals surface area (Å²) in [6.45, 7) is 0.566. The number of hydrogen-bond acceptors (Lipinski definition) is 5. The van der Waals surface area contributed by atoms with Crippen molar-refractivity contribution in [1.29, 1.82) is 0 Å². The number of para-hydroxylation sites is 1. The summed E-state index contributed by atoms with van der Waals surface area (Å²) >= 11 is 0. The summed E-state index contributed by atoms with van der Waals surface area (Å²) < 4.78 is 8.41. The Morgan fingerprint density at radius 2 is 2.00 bits per heavy atom. The summed E-state index contributed by atoms with van der Waals surface area (Å²) in [6, 6.07) is 14.9. The first-order valence-corrected chi connectivity index (χ1v) is 8.98. The second-order valence-electron chi connectivity index (χ2n) is 6.65. The number of benzene rings is 2. The topological polar surface area (TPSA) is 79.0 Å². The standard InChI is InChI=1S/C21H16N4O3/c26-18(14-6-7-19-15(10-14)8-9-28-19)12-24-13-22-20-17(21(24)27)11-23-25(20)16-4-2-1-3-5-16/h1-7,10-11,13H,8-9,12H2. The first kappa shape index (κ1) is 16.4. The van der Waals surface area contributed by atoms with E-state index in [0.29, 0.717) is 23.2 Å². The molecular weight excluding hydrogens is 356 g/mol. The third-order valence-corrected chi connectivity index (χ3v) is 4.88. The molecule has 1 aliphatic heterocycles. The van der Waals surface area contributed by atoms with E-state index in [2.05, 4.69) is 10.1 Å². The zero-order chi connectivity index (χ0) is 19.1. The molecule has 0 saturated heterocycles. The smallest absolute Gasteiger partial charge is 0.264 e. The Labute approximate surface area is 159 Å². The molecule has 3 heterocycles. The van der Waals surface area contributed by atoms with Crippen LogP contribution in [0.1, 0.15) is 15.9 Å². The summed E-state index contributed by atoms with van der Waals surface area (Å²) in [5.74, 6) is 0.679. The molecule has 138 valence electrons. The van der Waals surface area contributed by atoms with E-state index in [9.17, 15) is 9.59 Å². The summed E-state index contributed by atoms with van der Waals surface area (Å²) in [4.78, 5) is 29.9. The van der Waals surface area contributed by atoms with Gasteiger partial charge in [0, 0.05) is 12.0 Å². The molecule has 28 heavy (non-hydrogen) atoms. The monoisotopic (exact) mass is 372 g/mol. The van der Waals surface area contributed by atoms with Crippen molar-refractivity contribution >= 4 is 16.8 Å². The van der Waals surface area contributed by atoms with E-state index < -0.39 is 0 Å². The van der Waals surface area contributed by atoms with Gasteiger partial charge in [0.2, 0.25) is 0 Å². The molecule has 0 unspecified atom stereocenters. The quantitative estimate of drug-likeness (QED) is 0.514. The lowest BCUT2D eigenvalue weighted by Crippen LogP contribution is -2.24. The Morgan fingerprint density at radius 3 is 2.86 bits per heavy atom. The van der Waals surface area contributed by atoms with Crippen molar-refractivity contribution in [3.63, 3.8) is 0 Å². The van der Waals surface area contributed by atoms with E-state index in [1.165, 1.54) is 17.1 Å². The van der Waals surface area contributed by atoms with Crippen LogP contribution in [0.5, 0.6) is 5.75 Å². The summed E-state index contributed by atoms with van der Waals surface area (Å²) in [6.07, 6.45) is 3.69. The van der Waals surface area contributed by atoms with Gasteiger partial charge in [0.15, 0.2) is 11.4 Å². The van der Waals surface area contributed by atoms with Crippen LogP contribution < -0.4 is 10.3 Å². The molecule has 0 bridgehead atoms. The van der Waals surface area contributed by atoms with Crippen molar-refractivity contribution < 1.29 is 9.53 Å². The van der Waals surface area contributed by atoms with Gasteiger partial charge in [-0.1, -0.05) is 18.2 Å². The van der Waals surface area contributed by atoms with Gasteiger partial charge in [-0.25, -0.2) is 9.67 Å². The van der Waals surface area contributed by atoms with E-state index in [4.69, 9.17) is 4.74 Å². The summed E-state index contributed by atoms with van der Waals surface area (Å²) in [5.41, 5.74) is 2.59. The molecule has 0 fully saturated rings. The number of rotatable bonds is 4. The molecule has 0 atom stereocenters. The Kier molecular flexibility index (Phi) is 3.79. The minimum Gasteiger partial charge on any atom is -0.493 e. The lowest BCUT2D eigenvalue weighted by atomic mass is 10.1. The Morgan fingerprint density at radius 1 is 1.14 bits per heavy atom. The van der Waals surface area contributed by atoms with Gasteiger partial charge in [0.1, 0.15) is 17.5 Å². The van der Waals surface area contributed by atoms with Crippen molar-refractivity contribution in [3.05, 3.63) is 82.5 Å². The molecule has 0 amide bonds. The molecule has 7 heteroatoms. The van der Waals surface area contributed by atoms with Crippen LogP contribution in [0, 0.1) is 0 Å². The third-order valence-electron chi connectivity index (χ3n) is 4.88. The average Bonchev–Trinajstić information content (AvgIpc) is 3.37. The average molecular weight is 372 g/mol. The summed E-state index contributed by atoms with van der Waals surface area (Å²) in [7, 11) is 0. The zero-order valence-corrected chi connectivity index (χ0v) is 14.9. The van der Waals surface area contributed by atoms with E-state index in [-0.39, 0.29) is 17.9 Å². The van der Waals surface area contributed by atoms with E-state index in [0.717, 1.165) is 23.4 Å². The molecule has 0 saturated carbocycles. The highest BCUT2D eigenvalue weighted by Crippen LogP contribution is 2.26. The molecule has 0 N–H and O–H groups in total. The fourth-order valence-electron chi connectivity index (χ4n) is 3.43. The Hall–Kier alpha value is -3.74. The van der Waals surface area contributed by atoms with Crippen LogP contribution >= 0.6 is 0 Å². The molecular formula is C21H16N4O3. The van der Waals surface area contributed by atoms with Crippen LogP contribution in [0.3, 0.4) is 0 Å². The maximum Gasteiger partial charge on any atom is 0.264 e. The minimum absolute atomic E-state index is 0.0715. The number of fused-ring (bicyclic) bond motifs is 2. The molecule has 0 radical (unpaired) electrons. The first-order chi connectivity index (χ1) is 13.7. The van der Waals surface area contributed by atoms with Crippen molar-refractivity contribution in [2.24, 2.45) is 0 Å². The lowest BCUT2D eigenvalue weighted by Gasteiger charge is -2.07. The van der Waals surface area contributed by atoms with Crippen LogP contribution in [-0.2, 0) is 13.0 Å². The second-order valence-corrected chi connectivity index (χ2v) is 6.65. The second kappa shape index (κ2) is 6.45. The van der Waals surface area contributed by atoms with Crippen LogP contribution in [0.25, 0.3) is 16.7 Å². The number of Topliss-reactive ketones (excluding diaryl/α,β-unsaturated/α-hetero) is 1. The van der Waals surface area contributed by atoms with Gasteiger partial charge in [0.25, 0.3) is 5.56 Å². The lowest BCUT2D eigenvalue weighted by molar-refractivity contribution is 0.0970. The van der Waals surface area contributed by atoms with Crippen molar-refractivity contribution in [3.8, 4) is 11.4 Å². The van der Waals surface area contributed by atoms with Gasteiger partial charge < -0.3 is 4.74 Å². The van der Waals surface area contributed by atoms with Gasteiger partial charge in [-0.15, -0.1) is 0 Å². The van der Waals surface area contributed by atoms with E-state index in [1.54, 1.807) is 10.7 Å². The fourth-order valence-corrected chi connectivity index (χ4v) is 3.43. The largest absolute Gasteiger partial charge is 0.493 e. The van der Waals surface area contributed by atoms with Gasteiger partial charge in [-0.3, -0.25) is 14.2 Å². The van der Waals surface area contributed by atoms with Crippen LogP contribution in [0.4, 0.5) is 0 Å². The molecule has 0 aliphatic carbocycles. The first-order valence-electron chi connectivity index (χ1n) is 8.98. The van der Waals surface area contributed by atoms with Gasteiger partial charge in [-0.2, -0.15) is 5.10 Å². The molecule has 1 aliphatic rings. The molecule has 0 spiro atoms. The van der Waals surface area contributed by atoms with Crippen LogP contribution in [0.2, 0.25) is 0 Å². The van der Waals surface area contributed by atoms with Gasteiger partial charge in [-0.05, 0) is 35.9 Å². The van der Waals surface area contributed by atoms with Crippen LogP contribution in [-0.4, -0.2) is 31.7 Å². The number of aromatic nitrogens is 4. The van der Waals surface area contributed by atoms with Gasteiger partial charge in [0.05, 0.1) is 25.0 Å². The third kappa shape index (κ3) is 2.68. The van der Waals surface area contributed by atoms with Crippen molar-refractivity contribution in [2.75, 3.05) is 6.61 Å². The Bertz CT molecular complexity index is 1260. The number of hydrogen-bond donors (Lipinski definition) is 0. The zero-order valence-electron chi connectivity index (χ0n) is 14.9. The number of carbonyl (C=O) groups excluding carboxylic acids is 1. The number of nitrogens with zero attached hydrogens (tertiary/aromatic N) is 4. The minimum atomic E-state index is -0.287. The van der Waals surface area contributed by atoms with E-state index >= 15 is 0 Å². The maximum absolute atomic E-state index is 12.8. The molecule has 5 rings (SSSR count). The highest BCUT2D eigenvalue weighted by molar-refractivity contribution is 5.96. The predicted octanol–water partition coefficient (Wildman–Crippen LogP) is 2.40. The molecule has 2 aromatic heterocycles.